The molecule has 1 saturated heterocycles. The molecule has 1 aliphatic heterocycles. The Morgan fingerprint density at radius 1 is 1.17 bits per heavy atom. The SMILES string of the molecule is COc1cc(CC(=O)NCc2ccc(N3CCOC(C)C3)nc2)cc(OC)c1OC. The number of benzene rings is 1. The third-order valence-corrected chi connectivity index (χ3v) is 4.95. The maximum Gasteiger partial charge on any atom is 0.224 e. The third-order valence-electron chi connectivity index (χ3n) is 4.95. The van der Waals surface area contributed by atoms with Gasteiger partial charge in [0.1, 0.15) is 5.82 Å². The summed E-state index contributed by atoms with van der Waals surface area (Å²) in [6, 6.07) is 7.53. The fourth-order valence-corrected chi connectivity index (χ4v) is 3.42. The number of amides is 1. The average Bonchev–Trinajstić information content (AvgIpc) is 2.77. The van der Waals surface area contributed by atoms with Gasteiger partial charge in [-0.3, -0.25) is 4.79 Å². The zero-order valence-electron chi connectivity index (χ0n) is 17.9. The molecule has 2 heterocycles. The van der Waals surface area contributed by atoms with Crippen LogP contribution in [0.15, 0.2) is 30.5 Å². The van der Waals surface area contributed by atoms with Crippen molar-refractivity contribution in [3.05, 3.63) is 41.6 Å². The van der Waals surface area contributed by atoms with Crippen LogP contribution in [0, 0.1) is 0 Å². The fourth-order valence-electron chi connectivity index (χ4n) is 3.42. The van der Waals surface area contributed by atoms with Crippen LogP contribution in [-0.4, -0.2) is 58.0 Å². The molecule has 1 amide bonds. The minimum Gasteiger partial charge on any atom is -0.493 e. The van der Waals surface area contributed by atoms with Gasteiger partial charge < -0.3 is 29.2 Å². The van der Waals surface area contributed by atoms with Crippen molar-refractivity contribution in [2.75, 3.05) is 45.9 Å². The van der Waals surface area contributed by atoms with Crippen molar-refractivity contribution in [2.24, 2.45) is 0 Å². The molecular formula is C22H29N3O5. The van der Waals surface area contributed by atoms with Crippen molar-refractivity contribution in [3.63, 3.8) is 0 Å². The second kappa shape index (κ2) is 10.2. The second-order valence-corrected chi connectivity index (χ2v) is 7.14. The van der Waals surface area contributed by atoms with Crippen LogP contribution in [0.4, 0.5) is 5.82 Å². The lowest BCUT2D eigenvalue weighted by molar-refractivity contribution is -0.120. The summed E-state index contributed by atoms with van der Waals surface area (Å²) in [5, 5.41) is 2.93. The van der Waals surface area contributed by atoms with E-state index in [0.717, 1.165) is 30.0 Å². The molecule has 0 saturated carbocycles. The van der Waals surface area contributed by atoms with E-state index in [9.17, 15) is 4.79 Å². The number of nitrogens with one attached hydrogen (secondary N) is 1. The van der Waals surface area contributed by atoms with E-state index < -0.39 is 0 Å². The molecular weight excluding hydrogens is 386 g/mol. The number of anilines is 1. The minimum atomic E-state index is -0.102. The zero-order valence-corrected chi connectivity index (χ0v) is 17.9. The molecule has 2 aromatic rings. The van der Waals surface area contributed by atoms with E-state index in [1.54, 1.807) is 39.7 Å². The minimum absolute atomic E-state index is 0.102. The van der Waals surface area contributed by atoms with Crippen molar-refractivity contribution in [2.45, 2.75) is 26.0 Å². The first kappa shape index (κ1) is 21.7. The molecule has 8 nitrogen and oxygen atoms in total. The average molecular weight is 415 g/mol. The van der Waals surface area contributed by atoms with Gasteiger partial charge in [0, 0.05) is 25.8 Å². The van der Waals surface area contributed by atoms with Gasteiger partial charge in [-0.1, -0.05) is 6.07 Å². The van der Waals surface area contributed by atoms with Gasteiger partial charge in [0.2, 0.25) is 11.7 Å². The number of morpholine rings is 1. The first-order valence-corrected chi connectivity index (χ1v) is 9.91. The molecule has 30 heavy (non-hydrogen) atoms. The molecule has 1 aromatic heterocycles. The van der Waals surface area contributed by atoms with Crippen LogP contribution in [0.1, 0.15) is 18.1 Å². The first-order chi connectivity index (χ1) is 14.5. The summed E-state index contributed by atoms with van der Waals surface area (Å²) < 4.78 is 21.6. The summed E-state index contributed by atoms with van der Waals surface area (Å²) >= 11 is 0. The number of ether oxygens (including phenoxy) is 4. The number of pyridine rings is 1. The Labute approximate surface area is 177 Å². The maximum atomic E-state index is 12.4. The Hall–Kier alpha value is -3.00. The van der Waals surface area contributed by atoms with Gasteiger partial charge in [-0.2, -0.15) is 0 Å². The standard InChI is InChI=1S/C22H29N3O5/c1-15-14-25(7-8-30-15)20-6-5-16(12-23-20)13-24-21(26)11-17-9-18(27-2)22(29-4)19(10-17)28-3/h5-6,9-10,12,15H,7-8,11,13-14H2,1-4H3,(H,24,26). The summed E-state index contributed by atoms with van der Waals surface area (Å²) in [7, 11) is 4.65. The molecule has 162 valence electrons. The molecule has 0 spiro atoms. The summed E-state index contributed by atoms with van der Waals surface area (Å²) in [6.07, 6.45) is 2.21. The van der Waals surface area contributed by atoms with E-state index >= 15 is 0 Å². The molecule has 1 aromatic carbocycles. The molecule has 1 unspecified atom stereocenters. The predicted octanol–water partition coefficient (Wildman–Crippen LogP) is 2.19. The monoisotopic (exact) mass is 415 g/mol. The highest BCUT2D eigenvalue weighted by atomic mass is 16.5. The topological polar surface area (TPSA) is 82.2 Å². The van der Waals surface area contributed by atoms with Gasteiger partial charge in [-0.05, 0) is 36.2 Å². The van der Waals surface area contributed by atoms with Gasteiger partial charge in [-0.25, -0.2) is 4.98 Å². The molecule has 1 N–H and O–H groups in total. The van der Waals surface area contributed by atoms with Crippen LogP contribution in [0.2, 0.25) is 0 Å². The highest BCUT2D eigenvalue weighted by Crippen LogP contribution is 2.38. The Balaban J connectivity index is 1.57. The Morgan fingerprint density at radius 3 is 2.47 bits per heavy atom. The second-order valence-electron chi connectivity index (χ2n) is 7.14. The van der Waals surface area contributed by atoms with Gasteiger partial charge in [0.15, 0.2) is 11.5 Å². The number of hydrogen-bond acceptors (Lipinski definition) is 7. The Bertz CT molecular complexity index is 831. The van der Waals surface area contributed by atoms with Crippen molar-refractivity contribution in [3.8, 4) is 17.2 Å². The number of carbonyl (C=O) groups is 1. The van der Waals surface area contributed by atoms with E-state index in [1.165, 1.54) is 0 Å². The zero-order chi connectivity index (χ0) is 21.5. The summed E-state index contributed by atoms with van der Waals surface area (Å²) in [5.74, 6) is 2.38. The Morgan fingerprint density at radius 2 is 1.90 bits per heavy atom. The smallest absolute Gasteiger partial charge is 0.224 e. The van der Waals surface area contributed by atoms with Crippen molar-refractivity contribution >= 4 is 11.7 Å². The maximum absolute atomic E-state index is 12.4. The fraction of sp³-hybridized carbons (Fsp3) is 0.455. The van der Waals surface area contributed by atoms with Crippen LogP contribution in [-0.2, 0) is 22.5 Å². The van der Waals surface area contributed by atoms with E-state index in [2.05, 4.69) is 22.1 Å². The number of carbonyl (C=O) groups excluding carboxylic acids is 1. The van der Waals surface area contributed by atoms with E-state index in [1.807, 2.05) is 12.1 Å². The van der Waals surface area contributed by atoms with E-state index in [4.69, 9.17) is 18.9 Å². The molecule has 0 radical (unpaired) electrons. The first-order valence-electron chi connectivity index (χ1n) is 9.91. The Kier molecular flexibility index (Phi) is 7.35. The number of methoxy groups -OCH3 is 3. The summed E-state index contributed by atoms with van der Waals surface area (Å²) in [5.41, 5.74) is 1.72. The lowest BCUT2D eigenvalue weighted by Gasteiger charge is -2.32. The van der Waals surface area contributed by atoms with Crippen LogP contribution >= 0.6 is 0 Å². The van der Waals surface area contributed by atoms with E-state index in [0.29, 0.717) is 30.4 Å². The lowest BCUT2D eigenvalue weighted by atomic mass is 10.1. The van der Waals surface area contributed by atoms with Crippen LogP contribution in [0.5, 0.6) is 17.2 Å². The van der Waals surface area contributed by atoms with Crippen LogP contribution in [0.25, 0.3) is 0 Å². The molecule has 8 heteroatoms. The van der Waals surface area contributed by atoms with Crippen LogP contribution < -0.4 is 24.4 Å². The predicted molar refractivity (Wildman–Crippen MR) is 114 cm³/mol. The summed E-state index contributed by atoms with van der Waals surface area (Å²) in [6.45, 7) is 4.85. The van der Waals surface area contributed by atoms with Crippen molar-refractivity contribution < 1.29 is 23.7 Å². The lowest BCUT2D eigenvalue weighted by Crippen LogP contribution is -2.41. The molecule has 1 atom stereocenters. The summed E-state index contributed by atoms with van der Waals surface area (Å²) in [4.78, 5) is 19.2. The van der Waals surface area contributed by atoms with Crippen molar-refractivity contribution in [1.82, 2.24) is 10.3 Å². The quantitative estimate of drug-likeness (QED) is 0.708. The number of aromatic nitrogens is 1. The van der Waals surface area contributed by atoms with Gasteiger partial charge in [-0.15, -0.1) is 0 Å². The van der Waals surface area contributed by atoms with Crippen molar-refractivity contribution in [1.29, 1.82) is 0 Å². The highest BCUT2D eigenvalue weighted by molar-refractivity contribution is 5.79. The molecule has 3 rings (SSSR count). The number of rotatable bonds is 8. The third kappa shape index (κ3) is 5.33. The number of hydrogen-bond donors (Lipinski definition) is 1. The van der Waals surface area contributed by atoms with E-state index in [-0.39, 0.29) is 18.4 Å². The van der Waals surface area contributed by atoms with Gasteiger partial charge in [0.25, 0.3) is 0 Å². The molecule has 0 aliphatic carbocycles. The van der Waals surface area contributed by atoms with Gasteiger partial charge in [0.05, 0.1) is 40.5 Å². The largest absolute Gasteiger partial charge is 0.493 e. The van der Waals surface area contributed by atoms with Crippen LogP contribution in [0.3, 0.4) is 0 Å². The molecule has 1 fully saturated rings. The van der Waals surface area contributed by atoms with Gasteiger partial charge >= 0.3 is 0 Å². The number of nitrogens with zero attached hydrogens (tertiary/aromatic N) is 2. The molecule has 1 aliphatic rings. The highest BCUT2D eigenvalue weighted by Gasteiger charge is 2.18. The normalized spacial score (nSPS) is 16.1. The molecule has 0 bridgehead atoms.